The number of rotatable bonds is 7. The number of piperidine rings is 1. The molecule has 2 aromatic carbocycles. The molecule has 8 heteroatoms. The Labute approximate surface area is 180 Å². The van der Waals surface area contributed by atoms with Gasteiger partial charge in [0.25, 0.3) is 5.91 Å². The van der Waals surface area contributed by atoms with Crippen molar-refractivity contribution >= 4 is 5.91 Å². The smallest absolute Gasteiger partial charge is 0.273 e. The van der Waals surface area contributed by atoms with Crippen molar-refractivity contribution in [1.29, 1.82) is 0 Å². The van der Waals surface area contributed by atoms with Crippen LogP contribution in [0.5, 0.6) is 0 Å². The fourth-order valence-corrected chi connectivity index (χ4v) is 3.78. The molecule has 1 fully saturated rings. The lowest BCUT2D eigenvalue weighted by Crippen LogP contribution is -2.50. The van der Waals surface area contributed by atoms with E-state index in [1.54, 1.807) is 12.1 Å². The number of aromatic nitrogens is 3. The summed E-state index contributed by atoms with van der Waals surface area (Å²) in [6, 6.07) is 16.5. The van der Waals surface area contributed by atoms with Gasteiger partial charge in [0, 0.05) is 26.2 Å². The summed E-state index contributed by atoms with van der Waals surface area (Å²) >= 11 is 0. The van der Waals surface area contributed by atoms with Crippen LogP contribution in [-0.2, 0) is 13.1 Å². The molecule has 1 amide bonds. The predicted octanol–water partition coefficient (Wildman–Crippen LogP) is 2.22. The van der Waals surface area contributed by atoms with Crippen molar-refractivity contribution in [3.63, 3.8) is 0 Å². The van der Waals surface area contributed by atoms with Crippen LogP contribution in [-0.4, -0.2) is 56.1 Å². The second-order valence-corrected chi connectivity index (χ2v) is 8.10. The van der Waals surface area contributed by atoms with Crippen molar-refractivity contribution in [3.8, 4) is 0 Å². The van der Waals surface area contributed by atoms with Crippen molar-refractivity contribution in [2.24, 2.45) is 0 Å². The van der Waals surface area contributed by atoms with E-state index in [9.17, 15) is 14.3 Å². The molecule has 1 aliphatic rings. The molecule has 7 nitrogen and oxygen atoms in total. The number of amides is 1. The summed E-state index contributed by atoms with van der Waals surface area (Å²) in [6.07, 6.45) is 2.70. The molecule has 0 atom stereocenters. The molecule has 3 aromatic rings. The van der Waals surface area contributed by atoms with E-state index in [-0.39, 0.29) is 24.0 Å². The summed E-state index contributed by atoms with van der Waals surface area (Å²) in [5.74, 6) is -0.704. The number of carbonyl (C=O) groups excluding carboxylic acids is 1. The lowest BCUT2D eigenvalue weighted by molar-refractivity contribution is -0.0208. The van der Waals surface area contributed by atoms with Crippen molar-refractivity contribution < 1.29 is 14.3 Å². The van der Waals surface area contributed by atoms with Crippen LogP contribution in [0.1, 0.15) is 34.5 Å². The molecule has 0 aliphatic carbocycles. The van der Waals surface area contributed by atoms with Crippen LogP contribution in [0.2, 0.25) is 0 Å². The topological polar surface area (TPSA) is 83.3 Å². The van der Waals surface area contributed by atoms with Gasteiger partial charge in [-0.15, -0.1) is 5.10 Å². The number of benzene rings is 2. The van der Waals surface area contributed by atoms with E-state index in [4.69, 9.17) is 0 Å². The van der Waals surface area contributed by atoms with Gasteiger partial charge < -0.3 is 10.4 Å². The van der Waals surface area contributed by atoms with Gasteiger partial charge in [0.2, 0.25) is 0 Å². The summed E-state index contributed by atoms with van der Waals surface area (Å²) < 4.78 is 14.8. The second-order valence-electron chi connectivity index (χ2n) is 8.10. The highest BCUT2D eigenvalue weighted by atomic mass is 19.1. The molecule has 0 bridgehead atoms. The summed E-state index contributed by atoms with van der Waals surface area (Å²) in [5.41, 5.74) is 1.22. The molecule has 31 heavy (non-hydrogen) atoms. The molecule has 1 aliphatic heterocycles. The second kappa shape index (κ2) is 9.36. The van der Waals surface area contributed by atoms with E-state index in [1.807, 2.05) is 18.2 Å². The van der Waals surface area contributed by atoms with E-state index in [2.05, 4.69) is 32.7 Å². The summed E-state index contributed by atoms with van der Waals surface area (Å²) in [5, 5.41) is 21.5. The maximum atomic E-state index is 13.3. The zero-order valence-electron chi connectivity index (χ0n) is 17.2. The molecule has 1 saturated heterocycles. The Kier molecular flexibility index (Phi) is 6.39. The number of aliphatic hydroxyl groups is 1. The lowest BCUT2D eigenvalue weighted by Gasteiger charge is -2.38. The minimum Gasteiger partial charge on any atom is -0.388 e. The average molecular weight is 423 g/mol. The molecule has 0 radical (unpaired) electrons. The zero-order valence-corrected chi connectivity index (χ0v) is 17.2. The molecule has 4 rings (SSSR count). The molecular formula is C23H26FN5O2. The Morgan fingerprint density at radius 3 is 2.55 bits per heavy atom. The monoisotopic (exact) mass is 423 g/mol. The maximum absolute atomic E-state index is 13.3. The number of halogens is 1. The quantitative estimate of drug-likeness (QED) is 0.609. The van der Waals surface area contributed by atoms with E-state index in [0.29, 0.717) is 19.4 Å². The average Bonchev–Trinajstić information content (AvgIpc) is 3.23. The van der Waals surface area contributed by atoms with Crippen LogP contribution in [0.3, 0.4) is 0 Å². The highest BCUT2D eigenvalue weighted by molar-refractivity contribution is 5.91. The first kappa shape index (κ1) is 21.1. The third-order valence-electron chi connectivity index (χ3n) is 5.62. The third kappa shape index (κ3) is 5.74. The molecule has 0 saturated carbocycles. The predicted molar refractivity (Wildman–Crippen MR) is 114 cm³/mol. The summed E-state index contributed by atoms with van der Waals surface area (Å²) in [4.78, 5) is 14.8. The van der Waals surface area contributed by atoms with Crippen molar-refractivity contribution in [1.82, 2.24) is 25.2 Å². The van der Waals surface area contributed by atoms with Crippen LogP contribution in [0.4, 0.5) is 4.39 Å². The number of hydrogen-bond acceptors (Lipinski definition) is 5. The van der Waals surface area contributed by atoms with Crippen molar-refractivity contribution in [3.05, 3.63) is 83.4 Å². The zero-order chi connectivity index (χ0) is 21.7. The normalized spacial score (nSPS) is 16.2. The maximum Gasteiger partial charge on any atom is 0.273 e. The van der Waals surface area contributed by atoms with E-state index in [0.717, 1.165) is 25.2 Å². The minimum atomic E-state index is -0.930. The summed E-state index contributed by atoms with van der Waals surface area (Å²) in [7, 11) is 0. The van der Waals surface area contributed by atoms with Gasteiger partial charge in [-0.2, -0.15) is 0 Å². The molecule has 1 aromatic heterocycles. The van der Waals surface area contributed by atoms with Crippen LogP contribution >= 0.6 is 0 Å². The first-order valence-electron chi connectivity index (χ1n) is 10.4. The molecule has 2 N–H and O–H groups in total. The van der Waals surface area contributed by atoms with Gasteiger partial charge in [0.15, 0.2) is 5.69 Å². The van der Waals surface area contributed by atoms with Gasteiger partial charge in [0.05, 0.1) is 18.3 Å². The molecule has 0 spiro atoms. The highest BCUT2D eigenvalue weighted by Crippen LogP contribution is 2.23. The van der Waals surface area contributed by atoms with Crippen LogP contribution in [0.25, 0.3) is 0 Å². The third-order valence-corrected chi connectivity index (χ3v) is 5.62. The Balaban J connectivity index is 1.25. The number of nitrogens with one attached hydrogen (secondary N) is 1. The standard InChI is InChI=1S/C23H26FN5O2/c24-20-8-4-7-19(13-20)15-29-16-21(26-27-29)22(30)25-17-23(31)9-11-28(12-10-23)14-18-5-2-1-3-6-18/h1-8,13,16,31H,9-12,14-15,17H2,(H,25,30). The molecule has 0 unspecified atom stereocenters. The van der Waals surface area contributed by atoms with Crippen LogP contribution < -0.4 is 5.32 Å². The minimum absolute atomic E-state index is 0.168. The SMILES string of the molecule is O=C(NCC1(O)CCN(Cc2ccccc2)CC1)c1cn(Cc2cccc(F)c2)nn1. The summed E-state index contributed by atoms with van der Waals surface area (Å²) in [6.45, 7) is 2.88. The highest BCUT2D eigenvalue weighted by Gasteiger charge is 2.32. The Morgan fingerprint density at radius 1 is 1.06 bits per heavy atom. The Morgan fingerprint density at radius 2 is 1.81 bits per heavy atom. The number of likely N-dealkylation sites (tertiary alicyclic amines) is 1. The van der Waals surface area contributed by atoms with E-state index < -0.39 is 5.60 Å². The van der Waals surface area contributed by atoms with Crippen LogP contribution in [0, 0.1) is 5.82 Å². The van der Waals surface area contributed by atoms with E-state index in [1.165, 1.54) is 28.6 Å². The van der Waals surface area contributed by atoms with Gasteiger partial charge >= 0.3 is 0 Å². The first-order chi connectivity index (χ1) is 15.0. The molecule has 162 valence electrons. The van der Waals surface area contributed by atoms with Crippen LogP contribution in [0.15, 0.2) is 60.8 Å². The van der Waals surface area contributed by atoms with E-state index >= 15 is 0 Å². The van der Waals surface area contributed by atoms with Crippen molar-refractivity contribution in [2.45, 2.75) is 31.5 Å². The number of carbonyl (C=O) groups is 1. The van der Waals surface area contributed by atoms with Gasteiger partial charge in [-0.1, -0.05) is 47.7 Å². The van der Waals surface area contributed by atoms with Gasteiger partial charge in [-0.25, -0.2) is 9.07 Å². The fraction of sp³-hybridized carbons (Fsp3) is 0.348. The molecular weight excluding hydrogens is 397 g/mol. The largest absolute Gasteiger partial charge is 0.388 e. The fourth-order valence-electron chi connectivity index (χ4n) is 3.78. The Hall–Kier alpha value is -3.10. The van der Waals surface area contributed by atoms with Gasteiger partial charge in [-0.3, -0.25) is 9.69 Å². The molecule has 2 heterocycles. The lowest BCUT2D eigenvalue weighted by atomic mass is 9.91. The number of hydrogen-bond donors (Lipinski definition) is 2. The number of nitrogens with zero attached hydrogens (tertiary/aromatic N) is 4. The first-order valence-corrected chi connectivity index (χ1v) is 10.4. The van der Waals surface area contributed by atoms with Crippen molar-refractivity contribution in [2.75, 3.05) is 19.6 Å². The Bertz CT molecular complexity index is 1020. The van der Waals surface area contributed by atoms with Gasteiger partial charge in [-0.05, 0) is 36.1 Å². The van der Waals surface area contributed by atoms with Gasteiger partial charge in [0.1, 0.15) is 5.82 Å².